The Hall–Kier alpha value is -1.93. The van der Waals surface area contributed by atoms with Crippen molar-refractivity contribution in [3.05, 3.63) is 24.0 Å². The Morgan fingerprint density at radius 2 is 1.88 bits per heavy atom. The van der Waals surface area contributed by atoms with Crippen LogP contribution in [0.1, 0.15) is 65.1 Å². The molecule has 1 aliphatic carbocycles. The van der Waals surface area contributed by atoms with Gasteiger partial charge in [0.05, 0.1) is 15.9 Å². The molecule has 1 aromatic carbocycles. The molecule has 8 heteroatoms. The molecule has 1 saturated carbocycles. The van der Waals surface area contributed by atoms with Gasteiger partial charge in [0.25, 0.3) is 0 Å². The summed E-state index contributed by atoms with van der Waals surface area (Å²) in [6.07, 6.45) is 6.54. The number of aryl methyl sites for hydroxylation is 2. The number of rotatable bonds is 8. The highest BCUT2D eigenvalue weighted by Crippen LogP contribution is 2.40. The zero-order chi connectivity index (χ0) is 23.7. The normalized spacial score (nSPS) is 20.1. The Morgan fingerprint density at radius 1 is 1.22 bits per heavy atom. The van der Waals surface area contributed by atoms with Gasteiger partial charge in [0, 0.05) is 40.0 Å². The molecule has 178 valence electrons. The maximum absolute atomic E-state index is 12.6. The Bertz CT molecular complexity index is 1060. The van der Waals surface area contributed by atoms with Gasteiger partial charge in [0.15, 0.2) is 0 Å². The van der Waals surface area contributed by atoms with Gasteiger partial charge in [0.2, 0.25) is 15.9 Å². The molecule has 3 rings (SSSR count). The molecule has 1 amide bonds. The highest BCUT2D eigenvalue weighted by atomic mass is 32.2. The molecule has 0 aliphatic heterocycles. The van der Waals surface area contributed by atoms with Crippen molar-refractivity contribution >= 4 is 27.0 Å². The molecule has 0 radical (unpaired) electrons. The Labute approximate surface area is 192 Å². The third-order valence-corrected chi connectivity index (χ3v) is 9.22. The fourth-order valence-corrected chi connectivity index (χ4v) is 5.58. The van der Waals surface area contributed by atoms with Gasteiger partial charge < -0.3 is 9.88 Å². The number of benzene rings is 1. The quantitative estimate of drug-likeness (QED) is 0.645. The van der Waals surface area contributed by atoms with Crippen LogP contribution in [0.25, 0.3) is 11.0 Å². The van der Waals surface area contributed by atoms with E-state index in [2.05, 4.69) is 31.1 Å². The molecular weight excluding hydrogens is 424 g/mol. The SMILES string of the molecule is CCC(C)(C)C1CCC(NC(=O)CCc2nc3cc(S(=O)(=O)N(C)C)ccc3n2C)CC1. The highest BCUT2D eigenvalue weighted by Gasteiger charge is 2.32. The van der Waals surface area contributed by atoms with E-state index in [1.54, 1.807) is 18.2 Å². The molecule has 1 aromatic heterocycles. The largest absolute Gasteiger partial charge is 0.353 e. The van der Waals surface area contributed by atoms with E-state index in [4.69, 9.17) is 0 Å². The summed E-state index contributed by atoms with van der Waals surface area (Å²) in [5.74, 6) is 1.58. The van der Waals surface area contributed by atoms with Crippen molar-refractivity contribution in [3.63, 3.8) is 0 Å². The number of imidazole rings is 1. The van der Waals surface area contributed by atoms with Gasteiger partial charge in [0.1, 0.15) is 5.82 Å². The summed E-state index contributed by atoms with van der Waals surface area (Å²) in [7, 11) is 1.42. The van der Waals surface area contributed by atoms with Crippen molar-refractivity contribution in [2.45, 2.75) is 76.7 Å². The minimum absolute atomic E-state index is 0.0612. The molecule has 1 aliphatic rings. The second kappa shape index (κ2) is 9.51. The van der Waals surface area contributed by atoms with Crippen molar-refractivity contribution in [2.75, 3.05) is 14.1 Å². The summed E-state index contributed by atoms with van der Waals surface area (Å²) >= 11 is 0. The number of fused-ring (bicyclic) bond motifs is 1. The van der Waals surface area contributed by atoms with Crippen LogP contribution in [0.2, 0.25) is 0 Å². The van der Waals surface area contributed by atoms with Crippen molar-refractivity contribution in [1.82, 2.24) is 19.2 Å². The van der Waals surface area contributed by atoms with Gasteiger partial charge >= 0.3 is 0 Å². The molecule has 1 heterocycles. The summed E-state index contributed by atoms with van der Waals surface area (Å²) in [4.78, 5) is 17.4. The standard InChI is InChI=1S/C24H38N4O3S/c1-7-24(2,3)17-8-10-18(11-9-17)25-23(29)15-14-22-26-20-16-19(32(30,31)27(4)5)12-13-21(20)28(22)6/h12-13,16-18H,7-11,14-15H2,1-6H3,(H,25,29). The van der Waals surface area contributed by atoms with E-state index < -0.39 is 10.0 Å². The second-order valence-electron chi connectivity index (χ2n) is 9.98. The monoisotopic (exact) mass is 462 g/mol. The van der Waals surface area contributed by atoms with Crippen LogP contribution in [0.5, 0.6) is 0 Å². The lowest BCUT2D eigenvalue weighted by Gasteiger charge is -2.39. The maximum Gasteiger partial charge on any atom is 0.242 e. The van der Waals surface area contributed by atoms with Crippen LogP contribution in [0.4, 0.5) is 0 Å². The molecule has 1 fully saturated rings. The Balaban J connectivity index is 1.59. The van der Waals surface area contributed by atoms with Crippen molar-refractivity contribution in [3.8, 4) is 0 Å². The number of sulfonamides is 1. The third-order valence-electron chi connectivity index (χ3n) is 7.41. The average Bonchev–Trinajstić information content (AvgIpc) is 3.07. The van der Waals surface area contributed by atoms with Crippen LogP contribution in [-0.2, 0) is 28.3 Å². The fraction of sp³-hybridized carbons (Fsp3) is 0.667. The van der Waals surface area contributed by atoms with E-state index in [9.17, 15) is 13.2 Å². The highest BCUT2D eigenvalue weighted by molar-refractivity contribution is 7.89. The second-order valence-corrected chi connectivity index (χ2v) is 12.1. The van der Waals surface area contributed by atoms with E-state index in [1.165, 1.54) is 37.7 Å². The summed E-state index contributed by atoms with van der Waals surface area (Å²) in [6.45, 7) is 6.97. The van der Waals surface area contributed by atoms with Crippen molar-refractivity contribution in [2.24, 2.45) is 18.4 Å². The molecule has 2 aromatic rings. The molecule has 0 bridgehead atoms. The number of aromatic nitrogens is 2. The lowest BCUT2D eigenvalue weighted by atomic mass is 9.69. The van der Waals surface area contributed by atoms with Gasteiger partial charge in [-0.05, 0) is 55.2 Å². The molecule has 7 nitrogen and oxygen atoms in total. The average molecular weight is 463 g/mol. The van der Waals surface area contributed by atoms with Crippen molar-refractivity contribution in [1.29, 1.82) is 0 Å². The van der Waals surface area contributed by atoms with Crippen LogP contribution in [0.3, 0.4) is 0 Å². The van der Waals surface area contributed by atoms with Gasteiger partial charge in [-0.2, -0.15) is 0 Å². The first-order valence-electron chi connectivity index (χ1n) is 11.6. The Morgan fingerprint density at radius 3 is 2.47 bits per heavy atom. The molecule has 1 N–H and O–H groups in total. The minimum Gasteiger partial charge on any atom is -0.353 e. The summed E-state index contributed by atoms with van der Waals surface area (Å²) in [5, 5.41) is 3.21. The van der Waals surface area contributed by atoms with Crippen molar-refractivity contribution < 1.29 is 13.2 Å². The van der Waals surface area contributed by atoms with E-state index in [-0.39, 0.29) is 16.8 Å². The van der Waals surface area contributed by atoms with E-state index in [0.29, 0.717) is 23.8 Å². The third kappa shape index (κ3) is 5.17. The van der Waals surface area contributed by atoms with Crippen LogP contribution < -0.4 is 5.32 Å². The topological polar surface area (TPSA) is 84.3 Å². The first-order chi connectivity index (χ1) is 15.0. The zero-order valence-electron chi connectivity index (χ0n) is 20.3. The number of nitrogens with one attached hydrogen (secondary N) is 1. The van der Waals surface area contributed by atoms with E-state index >= 15 is 0 Å². The van der Waals surface area contributed by atoms with Gasteiger partial charge in [-0.25, -0.2) is 17.7 Å². The summed E-state index contributed by atoms with van der Waals surface area (Å²) in [6, 6.07) is 5.25. The zero-order valence-corrected chi connectivity index (χ0v) is 21.1. The number of carbonyl (C=O) groups excluding carboxylic acids is 1. The number of hydrogen-bond acceptors (Lipinski definition) is 4. The minimum atomic E-state index is -3.51. The van der Waals surface area contributed by atoms with Crippen LogP contribution >= 0.6 is 0 Å². The molecule has 0 spiro atoms. The lowest BCUT2D eigenvalue weighted by molar-refractivity contribution is -0.122. The number of hydrogen-bond donors (Lipinski definition) is 1. The first kappa shape index (κ1) is 24.7. The predicted molar refractivity (Wildman–Crippen MR) is 128 cm³/mol. The van der Waals surface area contributed by atoms with Gasteiger partial charge in [-0.1, -0.05) is 27.2 Å². The molecule has 0 unspecified atom stereocenters. The number of carbonyl (C=O) groups is 1. The molecule has 0 atom stereocenters. The van der Waals surface area contributed by atoms with Gasteiger partial charge in [-0.15, -0.1) is 0 Å². The molecular formula is C24H38N4O3S. The first-order valence-corrected chi connectivity index (χ1v) is 13.1. The number of nitrogens with zero attached hydrogens (tertiary/aromatic N) is 3. The van der Waals surface area contributed by atoms with Gasteiger partial charge in [-0.3, -0.25) is 4.79 Å². The molecule has 0 saturated heterocycles. The fourth-order valence-electron chi connectivity index (χ4n) is 4.66. The van der Waals surface area contributed by atoms with Crippen LogP contribution in [-0.4, -0.2) is 48.3 Å². The smallest absolute Gasteiger partial charge is 0.242 e. The summed E-state index contributed by atoms with van der Waals surface area (Å²) < 4.78 is 27.9. The maximum atomic E-state index is 12.6. The number of amides is 1. The summed E-state index contributed by atoms with van der Waals surface area (Å²) in [5.41, 5.74) is 1.86. The van der Waals surface area contributed by atoms with Crippen LogP contribution in [0, 0.1) is 11.3 Å². The lowest BCUT2D eigenvalue weighted by Crippen LogP contribution is -2.40. The van der Waals surface area contributed by atoms with Crippen LogP contribution in [0.15, 0.2) is 23.1 Å². The van der Waals surface area contributed by atoms with E-state index in [0.717, 1.165) is 30.1 Å². The van der Waals surface area contributed by atoms with E-state index in [1.807, 2.05) is 11.6 Å². The Kier molecular flexibility index (Phi) is 7.34. The predicted octanol–water partition coefficient (Wildman–Crippen LogP) is 3.87. The molecule has 32 heavy (non-hydrogen) atoms.